The monoisotopic (exact) mass is 291 g/mol. The number of carbonyl (C=O) groups is 2. The van der Waals surface area contributed by atoms with Crippen LogP contribution >= 0.6 is 0 Å². The molecule has 0 aliphatic carbocycles. The van der Waals surface area contributed by atoms with Gasteiger partial charge < -0.3 is 16.0 Å². The third-order valence-electron chi connectivity index (χ3n) is 2.61. The van der Waals surface area contributed by atoms with Crippen molar-refractivity contribution < 1.29 is 9.59 Å². The third kappa shape index (κ3) is 7.34. The van der Waals surface area contributed by atoms with Crippen LogP contribution in [0.25, 0.3) is 0 Å². The summed E-state index contributed by atoms with van der Waals surface area (Å²) < 4.78 is 0. The molecule has 0 saturated carbocycles. The highest BCUT2D eigenvalue weighted by Gasteiger charge is 2.13. The molecule has 1 aromatic carbocycles. The van der Waals surface area contributed by atoms with Crippen LogP contribution in [0, 0.1) is 0 Å². The lowest BCUT2D eigenvalue weighted by molar-refractivity contribution is -0.120. The van der Waals surface area contributed by atoms with Crippen LogP contribution in [0.2, 0.25) is 0 Å². The molecule has 116 valence electrons. The second kappa shape index (κ2) is 7.67. The molecule has 0 heterocycles. The molecular weight excluding hydrogens is 266 g/mol. The van der Waals surface area contributed by atoms with Crippen molar-refractivity contribution in [2.24, 2.45) is 0 Å². The van der Waals surface area contributed by atoms with Crippen LogP contribution in [0.5, 0.6) is 0 Å². The molecule has 21 heavy (non-hydrogen) atoms. The second-order valence-corrected chi connectivity index (χ2v) is 6.03. The summed E-state index contributed by atoms with van der Waals surface area (Å²) in [4.78, 5) is 23.2. The maximum Gasteiger partial charge on any atom is 0.239 e. The van der Waals surface area contributed by atoms with Crippen LogP contribution in [-0.2, 0) is 9.59 Å². The van der Waals surface area contributed by atoms with Crippen molar-refractivity contribution in [3.63, 3.8) is 0 Å². The molecule has 0 saturated heterocycles. The standard InChI is InChI=1S/C16H25N3O2/c1-5-6-14(20)18-13-9-7-12(8-10-13)17-11-15(21)19-16(2,3)4/h7-10,17H,5-6,11H2,1-4H3,(H,18,20)(H,19,21). The maximum absolute atomic E-state index is 11.7. The van der Waals surface area contributed by atoms with Crippen molar-refractivity contribution in [3.05, 3.63) is 24.3 Å². The third-order valence-corrected chi connectivity index (χ3v) is 2.61. The van der Waals surface area contributed by atoms with Gasteiger partial charge >= 0.3 is 0 Å². The van der Waals surface area contributed by atoms with Crippen molar-refractivity contribution >= 4 is 23.2 Å². The average Bonchev–Trinajstić information content (AvgIpc) is 2.36. The Balaban J connectivity index is 2.44. The number of benzene rings is 1. The van der Waals surface area contributed by atoms with E-state index in [2.05, 4.69) is 16.0 Å². The predicted octanol–water partition coefficient (Wildman–Crippen LogP) is 2.75. The van der Waals surface area contributed by atoms with Gasteiger partial charge in [-0.1, -0.05) is 6.92 Å². The molecule has 2 amide bonds. The molecule has 1 rings (SSSR count). The summed E-state index contributed by atoms with van der Waals surface area (Å²) in [5, 5.41) is 8.75. The van der Waals surface area contributed by atoms with Gasteiger partial charge in [-0.2, -0.15) is 0 Å². The average molecular weight is 291 g/mol. The summed E-state index contributed by atoms with van der Waals surface area (Å²) in [6.07, 6.45) is 1.35. The van der Waals surface area contributed by atoms with E-state index < -0.39 is 0 Å². The Morgan fingerprint density at radius 1 is 1.00 bits per heavy atom. The highest BCUT2D eigenvalue weighted by atomic mass is 16.2. The molecule has 0 aromatic heterocycles. The fourth-order valence-electron chi connectivity index (χ4n) is 1.77. The first kappa shape index (κ1) is 17.0. The number of rotatable bonds is 6. The molecule has 0 spiro atoms. The molecule has 5 heteroatoms. The van der Waals surface area contributed by atoms with E-state index in [4.69, 9.17) is 0 Å². The van der Waals surface area contributed by atoms with Crippen molar-refractivity contribution in [1.29, 1.82) is 0 Å². The molecule has 0 bridgehead atoms. The molecule has 0 radical (unpaired) electrons. The quantitative estimate of drug-likeness (QED) is 0.755. The molecule has 5 nitrogen and oxygen atoms in total. The molecule has 3 N–H and O–H groups in total. The topological polar surface area (TPSA) is 70.2 Å². The van der Waals surface area contributed by atoms with E-state index in [1.54, 1.807) is 0 Å². The van der Waals surface area contributed by atoms with Gasteiger partial charge in [0.15, 0.2) is 0 Å². The van der Waals surface area contributed by atoms with Crippen LogP contribution in [0.3, 0.4) is 0 Å². The predicted molar refractivity (Wildman–Crippen MR) is 86.4 cm³/mol. The first-order valence-corrected chi connectivity index (χ1v) is 7.25. The molecule has 0 aliphatic rings. The van der Waals surface area contributed by atoms with Crippen molar-refractivity contribution in [3.8, 4) is 0 Å². The zero-order chi connectivity index (χ0) is 15.9. The van der Waals surface area contributed by atoms with Crippen molar-refractivity contribution in [1.82, 2.24) is 5.32 Å². The van der Waals surface area contributed by atoms with Crippen LogP contribution in [0.15, 0.2) is 24.3 Å². The van der Waals surface area contributed by atoms with E-state index in [0.29, 0.717) is 6.42 Å². The maximum atomic E-state index is 11.7. The minimum absolute atomic E-state index is 0.0164. The summed E-state index contributed by atoms with van der Waals surface area (Å²) in [6, 6.07) is 7.31. The Kier molecular flexibility index (Phi) is 6.21. The Morgan fingerprint density at radius 2 is 1.57 bits per heavy atom. The highest BCUT2D eigenvalue weighted by Crippen LogP contribution is 2.13. The number of amides is 2. The minimum atomic E-state index is -0.230. The van der Waals surface area contributed by atoms with Crippen molar-refractivity contribution in [2.75, 3.05) is 17.2 Å². The molecule has 0 unspecified atom stereocenters. The summed E-state index contributed by atoms with van der Waals surface area (Å²) in [5.41, 5.74) is 1.37. The van der Waals surface area contributed by atoms with Gasteiger partial charge in [0.25, 0.3) is 0 Å². The largest absolute Gasteiger partial charge is 0.376 e. The number of hydrogen-bond donors (Lipinski definition) is 3. The number of nitrogens with one attached hydrogen (secondary N) is 3. The van der Waals surface area contributed by atoms with Gasteiger partial charge in [-0.05, 0) is 51.5 Å². The summed E-state index contributed by atoms with van der Waals surface area (Å²) in [5.74, 6) is -0.0365. The van der Waals surface area contributed by atoms with Gasteiger partial charge in [-0.3, -0.25) is 9.59 Å². The fourth-order valence-corrected chi connectivity index (χ4v) is 1.77. The molecule has 0 fully saturated rings. The SMILES string of the molecule is CCCC(=O)Nc1ccc(NCC(=O)NC(C)(C)C)cc1. The van der Waals surface area contributed by atoms with E-state index in [9.17, 15) is 9.59 Å². The molecular formula is C16H25N3O2. The Labute approximate surface area is 126 Å². The molecule has 0 atom stereocenters. The molecule has 1 aromatic rings. The van der Waals surface area contributed by atoms with E-state index >= 15 is 0 Å². The lowest BCUT2D eigenvalue weighted by atomic mass is 10.1. The van der Waals surface area contributed by atoms with Gasteiger partial charge in [0, 0.05) is 23.3 Å². The van der Waals surface area contributed by atoms with Gasteiger partial charge in [-0.15, -0.1) is 0 Å². The smallest absolute Gasteiger partial charge is 0.239 e. The lowest BCUT2D eigenvalue weighted by Crippen LogP contribution is -2.43. The van der Waals surface area contributed by atoms with E-state index in [1.807, 2.05) is 52.0 Å². The van der Waals surface area contributed by atoms with Crippen LogP contribution in [0.4, 0.5) is 11.4 Å². The fraction of sp³-hybridized carbons (Fsp3) is 0.500. The second-order valence-electron chi connectivity index (χ2n) is 6.03. The Bertz CT molecular complexity index is 475. The zero-order valence-electron chi connectivity index (χ0n) is 13.2. The summed E-state index contributed by atoms with van der Waals surface area (Å²) in [7, 11) is 0. The van der Waals surface area contributed by atoms with E-state index in [1.165, 1.54) is 0 Å². The van der Waals surface area contributed by atoms with Crippen LogP contribution in [0.1, 0.15) is 40.5 Å². The first-order valence-electron chi connectivity index (χ1n) is 7.25. The van der Waals surface area contributed by atoms with Gasteiger partial charge in [-0.25, -0.2) is 0 Å². The van der Waals surface area contributed by atoms with Crippen LogP contribution < -0.4 is 16.0 Å². The van der Waals surface area contributed by atoms with Gasteiger partial charge in [0.2, 0.25) is 11.8 Å². The van der Waals surface area contributed by atoms with Gasteiger partial charge in [0.05, 0.1) is 6.54 Å². The summed E-state index contributed by atoms with van der Waals surface area (Å²) in [6.45, 7) is 8.02. The number of carbonyl (C=O) groups excluding carboxylic acids is 2. The first-order chi connectivity index (χ1) is 9.80. The van der Waals surface area contributed by atoms with Gasteiger partial charge in [0.1, 0.15) is 0 Å². The van der Waals surface area contributed by atoms with Crippen molar-refractivity contribution in [2.45, 2.75) is 46.1 Å². The Hall–Kier alpha value is -2.04. The highest BCUT2D eigenvalue weighted by molar-refractivity contribution is 5.90. The van der Waals surface area contributed by atoms with Crippen LogP contribution in [-0.4, -0.2) is 23.9 Å². The minimum Gasteiger partial charge on any atom is -0.376 e. The zero-order valence-corrected chi connectivity index (χ0v) is 13.2. The summed E-state index contributed by atoms with van der Waals surface area (Å²) >= 11 is 0. The van der Waals surface area contributed by atoms with E-state index in [-0.39, 0.29) is 23.9 Å². The number of hydrogen-bond acceptors (Lipinski definition) is 3. The normalized spacial score (nSPS) is 10.9. The number of anilines is 2. The van der Waals surface area contributed by atoms with E-state index in [0.717, 1.165) is 17.8 Å². The molecule has 0 aliphatic heterocycles. The Morgan fingerprint density at radius 3 is 2.10 bits per heavy atom. The lowest BCUT2D eigenvalue weighted by Gasteiger charge is -2.20.